The predicted octanol–water partition coefficient (Wildman–Crippen LogP) is 1.74. The van der Waals surface area contributed by atoms with Gasteiger partial charge in [-0.05, 0) is 37.6 Å². The fourth-order valence-electron chi connectivity index (χ4n) is 1.61. The van der Waals surface area contributed by atoms with Crippen molar-refractivity contribution in [3.63, 3.8) is 0 Å². The van der Waals surface area contributed by atoms with Gasteiger partial charge in [0, 0.05) is 6.54 Å². The van der Waals surface area contributed by atoms with Crippen molar-refractivity contribution in [2.24, 2.45) is 0 Å². The zero-order chi connectivity index (χ0) is 9.10. The highest BCUT2D eigenvalue weighted by atomic mass is 16.5. The monoisotopic (exact) mass is 177 g/mol. The van der Waals surface area contributed by atoms with Gasteiger partial charge in [0.05, 0.1) is 0 Å². The maximum atomic E-state index is 5.79. The van der Waals surface area contributed by atoms with Gasteiger partial charge in [0.1, 0.15) is 11.9 Å². The number of hydrogen-bond donors (Lipinski definition) is 1. The normalized spacial score (nSPS) is 21.8. The van der Waals surface area contributed by atoms with Crippen molar-refractivity contribution in [3.8, 4) is 5.75 Å². The summed E-state index contributed by atoms with van der Waals surface area (Å²) in [7, 11) is 0. The second-order valence-corrected chi connectivity index (χ2v) is 3.55. The van der Waals surface area contributed by atoms with Crippen LogP contribution in [0, 0.1) is 6.92 Å². The zero-order valence-electron chi connectivity index (χ0n) is 7.92. The molecule has 1 aliphatic heterocycles. The molecule has 1 N–H and O–H groups in total. The van der Waals surface area contributed by atoms with Crippen LogP contribution in [0.25, 0.3) is 0 Å². The minimum Gasteiger partial charge on any atom is -0.489 e. The van der Waals surface area contributed by atoms with E-state index in [1.807, 2.05) is 12.1 Å². The van der Waals surface area contributed by atoms with E-state index in [1.54, 1.807) is 0 Å². The number of benzene rings is 1. The SMILES string of the molecule is Cc1cccc(OC2CCNC2)c1. The molecule has 0 amide bonds. The molecule has 2 heteroatoms. The highest BCUT2D eigenvalue weighted by Crippen LogP contribution is 2.16. The molecule has 2 nitrogen and oxygen atoms in total. The number of nitrogens with one attached hydrogen (secondary N) is 1. The summed E-state index contributed by atoms with van der Waals surface area (Å²) in [5.41, 5.74) is 1.25. The van der Waals surface area contributed by atoms with Crippen molar-refractivity contribution in [1.82, 2.24) is 5.32 Å². The van der Waals surface area contributed by atoms with Gasteiger partial charge in [0.25, 0.3) is 0 Å². The third-order valence-electron chi connectivity index (χ3n) is 2.31. The lowest BCUT2D eigenvalue weighted by molar-refractivity contribution is 0.223. The summed E-state index contributed by atoms with van der Waals surface area (Å²) in [4.78, 5) is 0. The van der Waals surface area contributed by atoms with Crippen LogP contribution in [0.3, 0.4) is 0 Å². The molecule has 0 saturated carbocycles. The summed E-state index contributed by atoms with van der Waals surface area (Å²) in [6.45, 7) is 4.14. The number of aryl methyl sites for hydroxylation is 1. The van der Waals surface area contributed by atoms with Crippen molar-refractivity contribution in [1.29, 1.82) is 0 Å². The molecule has 70 valence electrons. The molecule has 1 aromatic carbocycles. The molecule has 0 radical (unpaired) electrons. The standard InChI is InChI=1S/C11H15NO/c1-9-3-2-4-10(7-9)13-11-5-6-12-8-11/h2-4,7,11-12H,5-6,8H2,1H3. The van der Waals surface area contributed by atoms with E-state index in [-0.39, 0.29) is 0 Å². The first-order valence-corrected chi connectivity index (χ1v) is 4.78. The van der Waals surface area contributed by atoms with Crippen LogP contribution in [0.1, 0.15) is 12.0 Å². The van der Waals surface area contributed by atoms with Crippen molar-refractivity contribution in [2.45, 2.75) is 19.4 Å². The van der Waals surface area contributed by atoms with Crippen LogP contribution in [0.15, 0.2) is 24.3 Å². The van der Waals surface area contributed by atoms with E-state index in [2.05, 4.69) is 24.4 Å². The van der Waals surface area contributed by atoms with Gasteiger partial charge >= 0.3 is 0 Å². The Morgan fingerprint density at radius 3 is 3.08 bits per heavy atom. The summed E-state index contributed by atoms with van der Waals surface area (Å²) in [5.74, 6) is 0.994. The molecular weight excluding hydrogens is 162 g/mol. The summed E-state index contributed by atoms with van der Waals surface area (Å²) >= 11 is 0. The summed E-state index contributed by atoms with van der Waals surface area (Å²) in [6, 6.07) is 8.22. The van der Waals surface area contributed by atoms with Gasteiger partial charge < -0.3 is 10.1 Å². The fraction of sp³-hybridized carbons (Fsp3) is 0.455. The van der Waals surface area contributed by atoms with Gasteiger partial charge in [-0.3, -0.25) is 0 Å². The van der Waals surface area contributed by atoms with E-state index in [4.69, 9.17) is 4.74 Å². The number of rotatable bonds is 2. The van der Waals surface area contributed by atoms with E-state index in [9.17, 15) is 0 Å². The molecule has 0 aliphatic carbocycles. The molecule has 0 spiro atoms. The Kier molecular flexibility index (Phi) is 2.50. The Hall–Kier alpha value is -1.02. The molecule has 0 aromatic heterocycles. The molecular formula is C11H15NO. The lowest BCUT2D eigenvalue weighted by atomic mass is 10.2. The summed E-state index contributed by atoms with van der Waals surface area (Å²) in [6.07, 6.45) is 1.48. The molecule has 1 unspecified atom stereocenters. The Bertz CT molecular complexity index is 279. The van der Waals surface area contributed by atoms with Crippen LogP contribution in [0.4, 0.5) is 0 Å². The van der Waals surface area contributed by atoms with Crippen molar-refractivity contribution >= 4 is 0 Å². The molecule has 13 heavy (non-hydrogen) atoms. The van der Waals surface area contributed by atoms with Gasteiger partial charge in [0.2, 0.25) is 0 Å². The molecule has 1 atom stereocenters. The Labute approximate surface area is 78.9 Å². The van der Waals surface area contributed by atoms with Gasteiger partial charge in [-0.25, -0.2) is 0 Å². The van der Waals surface area contributed by atoms with Gasteiger partial charge in [-0.15, -0.1) is 0 Å². The highest BCUT2D eigenvalue weighted by Gasteiger charge is 2.15. The quantitative estimate of drug-likeness (QED) is 0.743. The van der Waals surface area contributed by atoms with Gasteiger partial charge in [0.15, 0.2) is 0 Å². The van der Waals surface area contributed by atoms with Crippen LogP contribution in [0.2, 0.25) is 0 Å². The topological polar surface area (TPSA) is 21.3 Å². The minimum atomic E-state index is 0.363. The Balaban J connectivity index is 2.00. The van der Waals surface area contributed by atoms with E-state index >= 15 is 0 Å². The first-order valence-electron chi connectivity index (χ1n) is 4.78. The second kappa shape index (κ2) is 3.79. The van der Waals surface area contributed by atoms with E-state index in [0.29, 0.717) is 6.10 Å². The first kappa shape index (κ1) is 8.57. The Morgan fingerprint density at radius 2 is 2.38 bits per heavy atom. The Morgan fingerprint density at radius 1 is 1.46 bits per heavy atom. The van der Waals surface area contributed by atoms with Crippen LogP contribution in [0.5, 0.6) is 5.75 Å². The lowest BCUT2D eigenvalue weighted by Gasteiger charge is -2.12. The molecule has 1 aromatic rings. The summed E-state index contributed by atoms with van der Waals surface area (Å²) in [5, 5.41) is 3.28. The third-order valence-corrected chi connectivity index (χ3v) is 2.31. The predicted molar refractivity (Wildman–Crippen MR) is 53.1 cm³/mol. The lowest BCUT2D eigenvalue weighted by Crippen LogP contribution is -2.19. The number of ether oxygens (including phenoxy) is 1. The largest absolute Gasteiger partial charge is 0.489 e. The highest BCUT2D eigenvalue weighted by molar-refractivity contribution is 5.27. The fourth-order valence-corrected chi connectivity index (χ4v) is 1.61. The molecule has 0 bridgehead atoms. The molecule has 1 fully saturated rings. The van der Waals surface area contributed by atoms with E-state index in [1.165, 1.54) is 5.56 Å². The average Bonchev–Trinajstić information content (AvgIpc) is 2.57. The van der Waals surface area contributed by atoms with Gasteiger partial charge in [-0.1, -0.05) is 12.1 Å². The smallest absolute Gasteiger partial charge is 0.120 e. The van der Waals surface area contributed by atoms with Crippen LogP contribution in [-0.4, -0.2) is 19.2 Å². The average molecular weight is 177 g/mol. The van der Waals surface area contributed by atoms with Crippen molar-refractivity contribution in [2.75, 3.05) is 13.1 Å². The van der Waals surface area contributed by atoms with E-state index in [0.717, 1.165) is 25.3 Å². The maximum absolute atomic E-state index is 5.79. The third kappa shape index (κ3) is 2.22. The van der Waals surface area contributed by atoms with Crippen molar-refractivity contribution in [3.05, 3.63) is 29.8 Å². The van der Waals surface area contributed by atoms with E-state index < -0.39 is 0 Å². The molecule has 2 rings (SSSR count). The molecule has 1 saturated heterocycles. The van der Waals surface area contributed by atoms with Crippen LogP contribution in [-0.2, 0) is 0 Å². The minimum absolute atomic E-state index is 0.363. The maximum Gasteiger partial charge on any atom is 0.120 e. The molecule has 1 aliphatic rings. The second-order valence-electron chi connectivity index (χ2n) is 3.55. The summed E-state index contributed by atoms with van der Waals surface area (Å²) < 4.78 is 5.79. The number of hydrogen-bond acceptors (Lipinski definition) is 2. The van der Waals surface area contributed by atoms with Crippen LogP contribution >= 0.6 is 0 Å². The van der Waals surface area contributed by atoms with Crippen molar-refractivity contribution < 1.29 is 4.74 Å². The van der Waals surface area contributed by atoms with Gasteiger partial charge in [-0.2, -0.15) is 0 Å². The zero-order valence-corrected chi connectivity index (χ0v) is 7.92. The molecule has 1 heterocycles. The first-order chi connectivity index (χ1) is 6.34. The van der Waals surface area contributed by atoms with Crippen LogP contribution < -0.4 is 10.1 Å².